The molecule has 0 saturated heterocycles. The van der Waals surface area contributed by atoms with Gasteiger partial charge in [0, 0.05) is 23.5 Å². The minimum atomic E-state index is -1.01. The molecule has 0 fully saturated rings. The van der Waals surface area contributed by atoms with Gasteiger partial charge in [-0.2, -0.15) is 0 Å². The minimum Gasteiger partial charge on any atom is -0.507 e. The van der Waals surface area contributed by atoms with Crippen molar-refractivity contribution in [3.8, 4) is 17.0 Å². The molecule has 3 N–H and O–H groups in total. The van der Waals surface area contributed by atoms with Crippen molar-refractivity contribution in [1.82, 2.24) is 9.97 Å². The van der Waals surface area contributed by atoms with Crippen LogP contribution in [0.1, 0.15) is 10.4 Å². The van der Waals surface area contributed by atoms with Gasteiger partial charge in [0.2, 0.25) is 0 Å². The summed E-state index contributed by atoms with van der Waals surface area (Å²) in [6, 6.07) is 8.07. The molecule has 0 bridgehead atoms. The molecule has 1 aromatic carbocycles. The fraction of sp³-hybridized carbons (Fsp3) is 0. The molecule has 0 aliphatic heterocycles. The number of phenolic OH excluding ortho intramolecular Hbond substituents is 1. The van der Waals surface area contributed by atoms with Gasteiger partial charge in [0.15, 0.2) is 0 Å². The number of benzene rings is 1. The van der Waals surface area contributed by atoms with Gasteiger partial charge in [-0.1, -0.05) is 6.07 Å². The van der Waals surface area contributed by atoms with Crippen molar-refractivity contribution in [2.24, 2.45) is 0 Å². The van der Waals surface area contributed by atoms with E-state index in [0.717, 1.165) is 5.52 Å². The molecule has 19 heavy (non-hydrogen) atoms. The number of carboxylic acid groups (broad SMARTS) is 1. The van der Waals surface area contributed by atoms with E-state index in [0.29, 0.717) is 16.6 Å². The van der Waals surface area contributed by atoms with E-state index in [1.54, 1.807) is 18.3 Å². The van der Waals surface area contributed by atoms with Crippen molar-refractivity contribution >= 4 is 16.9 Å². The van der Waals surface area contributed by atoms with E-state index in [-0.39, 0.29) is 11.3 Å². The fourth-order valence-corrected chi connectivity index (χ4v) is 2.08. The molecule has 2 aromatic heterocycles. The van der Waals surface area contributed by atoms with Crippen LogP contribution >= 0.6 is 0 Å². The third-order valence-electron chi connectivity index (χ3n) is 2.97. The topological polar surface area (TPSA) is 86.2 Å². The molecular weight excluding hydrogens is 244 g/mol. The number of H-pyrrole nitrogens is 1. The van der Waals surface area contributed by atoms with E-state index in [1.165, 1.54) is 18.3 Å². The summed E-state index contributed by atoms with van der Waals surface area (Å²) < 4.78 is 0. The highest BCUT2D eigenvalue weighted by molar-refractivity contribution is 5.99. The number of aromatic carboxylic acids is 1. The molecule has 0 aliphatic carbocycles. The van der Waals surface area contributed by atoms with Gasteiger partial charge in [0.05, 0.1) is 16.6 Å². The largest absolute Gasteiger partial charge is 0.507 e. The van der Waals surface area contributed by atoms with E-state index in [1.807, 2.05) is 6.07 Å². The standard InChI is InChI=1S/C14H10N2O3/c17-12-3-1-2-10-13(12)9(7-16-10)11-6-8(14(18)19)4-5-15-11/h1-7,16-17H,(H,18,19). The number of nitrogens with zero attached hydrogens (tertiary/aromatic N) is 1. The molecule has 0 unspecified atom stereocenters. The number of rotatable bonds is 2. The SMILES string of the molecule is O=C(O)c1ccnc(-c2c[nH]c3cccc(O)c23)c1. The van der Waals surface area contributed by atoms with Gasteiger partial charge >= 0.3 is 5.97 Å². The fourth-order valence-electron chi connectivity index (χ4n) is 2.08. The summed E-state index contributed by atoms with van der Waals surface area (Å²) in [6.45, 7) is 0. The number of hydrogen-bond acceptors (Lipinski definition) is 3. The number of pyridine rings is 1. The number of aromatic hydroxyl groups is 1. The highest BCUT2D eigenvalue weighted by Crippen LogP contribution is 2.33. The summed E-state index contributed by atoms with van der Waals surface area (Å²) in [5, 5.41) is 19.5. The van der Waals surface area contributed by atoms with E-state index in [2.05, 4.69) is 9.97 Å². The third kappa shape index (κ3) is 1.81. The Labute approximate surface area is 108 Å². The second-order valence-electron chi connectivity index (χ2n) is 4.14. The molecule has 5 heteroatoms. The Morgan fingerprint density at radius 3 is 2.89 bits per heavy atom. The first-order valence-corrected chi connectivity index (χ1v) is 5.65. The molecule has 2 heterocycles. The van der Waals surface area contributed by atoms with Crippen LogP contribution in [0, 0.1) is 0 Å². The van der Waals surface area contributed by atoms with Crippen LogP contribution < -0.4 is 0 Å². The highest BCUT2D eigenvalue weighted by Gasteiger charge is 2.12. The number of carbonyl (C=O) groups is 1. The zero-order chi connectivity index (χ0) is 13.4. The van der Waals surface area contributed by atoms with E-state index in [4.69, 9.17) is 5.11 Å². The number of nitrogens with one attached hydrogen (secondary N) is 1. The van der Waals surface area contributed by atoms with Crippen molar-refractivity contribution < 1.29 is 15.0 Å². The average molecular weight is 254 g/mol. The smallest absolute Gasteiger partial charge is 0.335 e. The van der Waals surface area contributed by atoms with Gasteiger partial charge in [0.1, 0.15) is 5.75 Å². The summed E-state index contributed by atoms with van der Waals surface area (Å²) in [5.74, 6) is -0.871. The molecule has 5 nitrogen and oxygen atoms in total. The first kappa shape index (κ1) is 11.3. The normalized spacial score (nSPS) is 10.7. The lowest BCUT2D eigenvalue weighted by atomic mass is 10.1. The van der Waals surface area contributed by atoms with Crippen LogP contribution in [0.15, 0.2) is 42.7 Å². The molecule has 0 saturated carbocycles. The number of phenols is 1. The summed E-state index contributed by atoms with van der Waals surface area (Å²) in [6.07, 6.45) is 3.15. The molecule has 0 spiro atoms. The number of aromatic amines is 1. The molecule has 0 radical (unpaired) electrons. The van der Waals surface area contributed by atoms with Gasteiger partial charge < -0.3 is 15.2 Å². The van der Waals surface area contributed by atoms with Crippen LogP contribution in [0.25, 0.3) is 22.2 Å². The van der Waals surface area contributed by atoms with Gasteiger partial charge in [-0.3, -0.25) is 4.98 Å². The molecule has 3 aromatic rings. The lowest BCUT2D eigenvalue weighted by Gasteiger charge is -2.02. The summed E-state index contributed by atoms with van der Waals surface area (Å²) >= 11 is 0. The first-order chi connectivity index (χ1) is 9.16. The number of carboxylic acids is 1. The zero-order valence-electron chi connectivity index (χ0n) is 9.79. The minimum absolute atomic E-state index is 0.135. The number of aromatic nitrogens is 2. The highest BCUT2D eigenvalue weighted by atomic mass is 16.4. The van der Waals surface area contributed by atoms with Crippen LogP contribution in [0.4, 0.5) is 0 Å². The monoisotopic (exact) mass is 254 g/mol. The van der Waals surface area contributed by atoms with Gasteiger partial charge in [-0.15, -0.1) is 0 Å². The van der Waals surface area contributed by atoms with Gasteiger partial charge in [-0.05, 0) is 24.3 Å². The van der Waals surface area contributed by atoms with E-state index >= 15 is 0 Å². The first-order valence-electron chi connectivity index (χ1n) is 5.65. The maximum atomic E-state index is 11.0. The van der Waals surface area contributed by atoms with Crippen molar-refractivity contribution in [3.05, 3.63) is 48.3 Å². The average Bonchev–Trinajstić information content (AvgIpc) is 2.84. The Kier molecular flexibility index (Phi) is 2.45. The van der Waals surface area contributed by atoms with E-state index < -0.39 is 5.97 Å². The summed E-state index contributed by atoms with van der Waals surface area (Å²) in [7, 11) is 0. The molecular formula is C14H10N2O3. The maximum Gasteiger partial charge on any atom is 0.335 e. The van der Waals surface area contributed by atoms with Gasteiger partial charge in [-0.25, -0.2) is 4.79 Å². The summed E-state index contributed by atoms with van der Waals surface area (Å²) in [5.41, 5.74) is 2.12. The van der Waals surface area contributed by atoms with Crippen LogP contribution in [0.5, 0.6) is 5.75 Å². The lowest BCUT2D eigenvalue weighted by molar-refractivity contribution is 0.0697. The van der Waals surface area contributed by atoms with Crippen molar-refractivity contribution in [3.63, 3.8) is 0 Å². The molecule has 3 rings (SSSR count). The van der Waals surface area contributed by atoms with Crippen molar-refractivity contribution in [1.29, 1.82) is 0 Å². The Hall–Kier alpha value is -2.82. The Balaban J connectivity index is 2.25. The van der Waals surface area contributed by atoms with Crippen LogP contribution in [-0.4, -0.2) is 26.2 Å². The Bertz CT molecular complexity index is 777. The van der Waals surface area contributed by atoms with Crippen molar-refractivity contribution in [2.45, 2.75) is 0 Å². The van der Waals surface area contributed by atoms with Crippen molar-refractivity contribution in [2.75, 3.05) is 0 Å². The molecule has 94 valence electrons. The van der Waals surface area contributed by atoms with Gasteiger partial charge in [0.25, 0.3) is 0 Å². The Morgan fingerprint density at radius 2 is 2.11 bits per heavy atom. The lowest BCUT2D eigenvalue weighted by Crippen LogP contribution is -1.97. The predicted octanol–water partition coefficient (Wildman–Crippen LogP) is 2.63. The molecule has 0 atom stereocenters. The van der Waals surface area contributed by atoms with Crippen LogP contribution in [0.2, 0.25) is 0 Å². The van der Waals surface area contributed by atoms with Crippen LogP contribution in [-0.2, 0) is 0 Å². The zero-order valence-corrected chi connectivity index (χ0v) is 9.79. The molecule has 0 amide bonds. The third-order valence-corrected chi connectivity index (χ3v) is 2.97. The number of fused-ring (bicyclic) bond motifs is 1. The van der Waals surface area contributed by atoms with Crippen LogP contribution in [0.3, 0.4) is 0 Å². The summed E-state index contributed by atoms with van der Waals surface area (Å²) in [4.78, 5) is 18.2. The van der Waals surface area contributed by atoms with E-state index in [9.17, 15) is 9.90 Å². The second kappa shape index (κ2) is 4.13. The second-order valence-corrected chi connectivity index (χ2v) is 4.14. The predicted molar refractivity (Wildman–Crippen MR) is 70.2 cm³/mol. The number of hydrogen-bond donors (Lipinski definition) is 3. The molecule has 0 aliphatic rings. The Morgan fingerprint density at radius 1 is 1.26 bits per heavy atom. The maximum absolute atomic E-state index is 11.0. The quantitative estimate of drug-likeness (QED) is 0.656.